The summed E-state index contributed by atoms with van der Waals surface area (Å²) in [5.41, 5.74) is 1.47. The van der Waals surface area contributed by atoms with Gasteiger partial charge in [0.15, 0.2) is 11.5 Å². The summed E-state index contributed by atoms with van der Waals surface area (Å²) in [4.78, 5) is 23.9. The number of amides is 1. The van der Waals surface area contributed by atoms with Gasteiger partial charge in [0.1, 0.15) is 17.3 Å². The second-order valence-corrected chi connectivity index (χ2v) is 7.28. The molecule has 1 unspecified atom stereocenters. The fourth-order valence-corrected chi connectivity index (χ4v) is 3.79. The Labute approximate surface area is 172 Å². The van der Waals surface area contributed by atoms with Gasteiger partial charge in [-0.15, -0.1) is 0 Å². The molecule has 1 amide bonds. The second-order valence-electron chi connectivity index (χ2n) is 7.28. The lowest BCUT2D eigenvalue weighted by Gasteiger charge is -2.35. The average Bonchev–Trinajstić information content (AvgIpc) is 2.76. The first kappa shape index (κ1) is 20.9. The fraction of sp³-hybridized carbons (Fsp3) is 0.500. The first-order chi connectivity index (χ1) is 14.0. The predicted octanol–water partition coefficient (Wildman–Crippen LogP) is 3.82. The molecule has 1 aromatic carbocycles. The van der Waals surface area contributed by atoms with Crippen molar-refractivity contribution >= 4 is 11.7 Å². The number of rotatable bonds is 7. The molecular formula is C22H30N4O3. The summed E-state index contributed by atoms with van der Waals surface area (Å²) in [5.74, 6) is 2.58. The van der Waals surface area contributed by atoms with Crippen molar-refractivity contribution in [2.45, 2.75) is 52.1 Å². The van der Waals surface area contributed by atoms with Crippen LogP contribution in [0.1, 0.15) is 54.5 Å². The molecule has 7 nitrogen and oxygen atoms in total. The molecular weight excluding hydrogens is 368 g/mol. The van der Waals surface area contributed by atoms with Gasteiger partial charge < -0.3 is 19.7 Å². The molecule has 1 atom stereocenters. The van der Waals surface area contributed by atoms with Gasteiger partial charge in [0.25, 0.3) is 5.91 Å². The van der Waals surface area contributed by atoms with Crippen molar-refractivity contribution in [2.24, 2.45) is 0 Å². The normalized spacial score (nSPS) is 16.4. The van der Waals surface area contributed by atoms with Gasteiger partial charge in [-0.1, -0.05) is 13.0 Å². The summed E-state index contributed by atoms with van der Waals surface area (Å²) in [7, 11) is 3.23. The molecule has 0 bridgehead atoms. The lowest BCUT2D eigenvalue weighted by molar-refractivity contribution is 0.0601. The number of nitrogens with zero attached hydrogens (tertiary/aromatic N) is 3. The van der Waals surface area contributed by atoms with Crippen molar-refractivity contribution in [1.29, 1.82) is 0 Å². The van der Waals surface area contributed by atoms with E-state index in [1.807, 2.05) is 30.0 Å². The molecule has 1 aliphatic rings. The largest absolute Gasteiger partial charge is 0.493 e. The molecule has 0 spiro atoms. The SMILES string of the molecule is CCC1CCCCN1C(=O)c1cc(NCc2ccc(OC)c(OC)c2)nc(C)n1. The highest BCUT2D eigenvalue weighted by Gasteiger charge is 2.27. The predicted molar refractivity (Wildman–Crippen MR) is 113 cm³/mol. The van der Waals surface area contributed by atoms with E-state index in [2.05, 4.69) is 22.2 Å². The molecule has 156 valence electrons. The van der Waals surface area contributed by atoms with E-state index in [0.29, 0.717) is 41.4 Å². The number of carbonyl (C=O) groups is 1. The number of methoxy groups -OCH3 is 2. The number of piperidine rings is 1. The zero-order valence-electron chi connectivity index (χ0n) is 17.7. The summed E-state index contributed by atoms with van der Waals surface area (Å²) in [6.45, 7) is 5.30. The Morgan fingerprint density at radius 2 is 1.97 bits per heavy atom. The lowest BCUT2D eigenvalue weighted by atomic mass is 9.99. The maximum Gasteiger partial charge on any atom is 0.272 e. The molecule has 0 aliphatic carbocycles. The molecule has 2 heterocycles. The van der Waals surface area contributed by atoms with Crippen LogP contribution in [0.3, 0.4) is 0 Å². The van der Waals surface area contributed by atoms with Gasteiger partial charge in [0.2, 0.25) is 0 Å². The zero-order chi connectivity index (χ0) is 20.8. The van der Waals surface area contributed by atoms with E-state index in [1.54, 1.807) is 20.3 Å². The van der Waals surface area contributed by atoms with E-state index in [-0.39, 0.29) is 5.91 Å². The van der Waals surface area contributed by atoms with Crippen molar-refractivity contribution in [3.63, 3.8) is 0 Å². The molecule has 1 fully saturated rings. The first-order valence-electron chi connectivity index (χ1n) is 10.2. The smallest absolute Gasteiger partial charge is 0.272 e. The molecule has 7 heteroatoms. The average molecular weight is 399 g/mol. The summed E-state index contributed by atoms with van der Waals surface area (Å²) >= 11 is 0. The van der Waals surface area contributed by atoms with Gasteiger partial charge in [-0.2, -0.15) is 0 Å². The van der Waals surface area contributed by atoms with E-state index in [1.165, 1.54) is 6.42 Å². The molecule has 3 rings (SSSR count). The monoisotopic (exact) mass is 398 g/mol. The van der Waals surface area contributed by atoms with Gasteiger partial charge in [0, 0.05) is 25.2 Å². The van der Waals surface area contributed by atoms with Crippen LogP contribution in [0.2, 0.25) is 0 Å². The Morgan fingerprint density at radius 3 is 2.69 bits per heavy atom. The fourth-order valence-electron chi connectivity index (χ4n) is 3.79. The maximum atomic E-state index is 13.1. The van der Waals surface area contributed by atoms with Gasteiger partial charge >= 0.3 is 0 Å². The maximum absolute atomic E-state index is 13.1. The summed E-state index contributed by atoms with van der Waals surface area (Å²) in [6, 6.07) is 7.81. The Morgan fingerprint density at radius 1 is 1.17 bits per heavy atom. The number of hydrogen-bond acceptors (Lipinski definition) is 6. The minimum Gasteiger partial charge on any atom is -0.493 e. The Balaban J connectivity index is 1.74. The van der Waals surface area contributed by atoms with Gasteiger partial charge in [0.05, 0.1) is 14.2 Å². The Kier molecular flexibility index (Phi) is 6.90. The third-order valence-corrected chi connectivity index (χ3v) is 5.34. The van der Waals surface area contributed by atoms with Crippen LogP contribution in [0.5, 0.6) is 11.5 Å². The third kappa shape index (κ3) is 4.96. The van der Waals surface area contributed by atoms with Crippen molar-refractivity contribution < 1.29 is 14.3 Å². The van der Waals surface area contributed by atoms with Crippen LogP contribution in [0.4, 0.5) is 5.82 Å². The summed E-state index contributed by atoms with van der Waals surface area (Å²) in [6.07, 6.45) is 4.27. The van der Waals surface area contributed by atoms with E-state index in [4.69, 9.17) is 9.47 Å². The second kappa shape index (κ2) is 9.58. The van der Waals surface area contributed by atoms with Crippen molar-refractivity contribution in [2.75, 3.05) is 26.1 Å². The number of carbonyl (C=O) groups excluding carboxylic acids is 1. The van der Waals surface area contributed by atoms with Crippen LogP contribution < -0.4 is 14.8 Å². The zero-order valence-corrected chi connectivity index (χ0v) is 17.7. The van der Waals surface area contributed by atoms with Crippen LogP contribution in [0.25, 0.3) is 0 Å². The van der Waals surface area contributed by atoms with Crippen LogP contribution in [0, 0.1) is 6.92 Å². The molecule has 29 heavy (non-hydrogen) atoms. The summed E-state index contributed by atoms with van der Waals surface area (Å²) < 4.78 is 10.6. The molecule has 1 aromatic heterocycles. The van der Waals surface area contributed by atoms with E-state index in [9.17, 15) is 4.79 Å². The standard InChI is InChI=1S/C22H30N4O3/c1-5-17-8-6-7-11-26(17)22(27)18-13-21(25-15(2)24-18)23-14-16-9-10-19(28-3)20(12-16)29-4/h9-10,12-13,17H,5-8,11,14H2,1-4H3,(H,23,24,25). The molecule has 0 radical (unpaired) electrons. The van der Waals surface area contributed by atoms with Crippen LogP contribution >= 0.6 is 0 Å². The van der Waals surface area contributed by atoms with E-state index in [0.717, 1.165) is 31.4 Å². The number of likely N-dealkylation sites (tertiary alicyclic amines) is 1. The van der Waals surface area contributed by atoms with Gasteiger partial charge in [-0.25, -0.2) is 9.97 Å². The number of hydrogen-bond donors (Lipinski definition) is 1. The van der Waals surface area contributed by atoms with E-state index >= 15 is 0 Å². The highest BCUT2D eigenvalue weighted by Crippen LogP contribution is 2.28. The number of benzene rings is 1. The van der Waals surface area contributed by atoms with E-state index < -0.39 is 0 Å². The lowest BCUT2D eigenvalue weighted by Crippen LogP contribution is -2.43. The van der Waals surface area contributed by atoms with Gasteiger partial charge in [-0.3, -0.25) is 4.79 Å². The number of ether oxygens (including phenoxy) is 2. The van der Waals surface area contributed by atoms with Gasteiger partial charge in [-0.05, 0) is 50.3 Å². The van der Waals surface area contributed by atoms with Crippen LogP contribution in [-0.2, 0) is 6.54 Å². The number of aromatic nitrogens is 2. The number of nitrogens with one attached hydrogen (secondary N) is 1. The quantitative estimate of drug-likeness (QED) is 0.764. The number of aryl methyl sites for hydroxylation is 1. The minimum atomic E-state index is -0.00350. The minimum absolute atomic E-state index is 0.00350. The molecule has 1 aliphatic heterocycles. The summed E-state index contributed by atoms with van der Waals surface area (Å²) in [5, 5.41) is 3.30. The molecule has 1 saturated heterocycles. The van der Waals surface area contributed by atoms with Crippen molar-refractivity contribution in [3.05, 3.63) is 41.3 Å². The third-order valence-electron chi connectivity index (χ3n) is 5.34. The molecule has 1 N–H and O–H groups in total. The first-order valence-corrected chi connectivity index (χ1v) is 10.2. The van der Waals surface area contributed by atoms with Crippen molar-refractivity contribution in [3.8, 4) is 11.5 Å². The molecule has 0 saturated carbocycles. The topological polar surface area (TPSA) is 76.6 Å². The Bertz CT molecular complexity index is 856. The number of anilines is 1. The highest BCUT2D eigenvalue weighted by molar-refractivity contribution is 5.93. The highest BCUT2D eigenvalue weighted by atomic mass is 16.5. The van der Waals surface area contributed by atoms with Crippen molar-refractivity contribution in [1.82, 2.24) is 14.9 Å². The Hall–Kier alpha value is -2.83. The van der Waals surface area contributed by atoms with Crippen LogP contribution in [-0.4, -0.2) is 47.6 Å². The van der Waals surface area contributed by atoms with Crippen LogP contribution in [0.15, 0.2) is 24.3 Å². The molecule has 2 aromatic rings.